The molecular weight excluding hydrogens is 470 g/mol. The monoisotopic (exact) mass is 510 g/mol. The first kappa shape index (κ1) is 25.5. The number of likely N-dealkylation sites (N-methyl/N-ethyl adjacent to an activating group) is 1. The fourth-order valence-electron chi connectivity index (χ4n) is 5.66. The number of methoxy groups -OCH3 is 1. The van der Waals surface area contributed by atoms with Crippen LogP contribution in [0, 0.1) is 0 Å². The quantitative estimate of drug-likeness (QED) is 0.281. The molecule has 0 bridgehead atoms. The minimum absolute atomic E-state index is 0.112. The third kappa shape index (κ3) is 5.17. The number of hydrogen-bond acceptors (Lipinski definition) is 7. The highest BCUT2D eigenvalue weighted by Crippen LogP contribution is 2.38. The molecule has 200 valence electrons. The Hall–Kier alpha value is -3.11. The number of aliphatic imine (C=N–C) groups is 1. The van der Waals surface area contributed by atoms with E-state index in [1.807, 2.05) is 31.1 Å². The number of nitrogens with one attached hydrogen (secondary N) is 3. The zero-order chi connectivity index (χ0) is 26.0. The van der Waals surface area contributed by atoms with Gasteiger partial charge in [-0.1, -0.05) is 12.8 Å². The minimum Gasteiger partial charge on any atom is -0.495 e. The Labute approximate surface area is 219 Å². The average Bonchev–Trinajstić information content (AvgIpc) is 3.50. The Bertz CT molecular complexity index is 1110. The molecule has 3 N–H and O–H groups in total. The third-order valence-electron chi connectivity index (χ3n) is 8.12. The van der Waals surface area contributed by atoms with Gasteiger partial charge in [0.15, 0.2) is 5.82 Å². The second kappa shape index (κ2) is 10.7. The molecule has 1 aromatic rings. The highest BCUT2D eigenvalue weighted by Gasteiger charge is 2.54. The van der Waals surface area contributed by atoms with Crippen LogP contribution in [-0.4, -0.2) is 98.6 Å². The molecular formula is C27H40N7O3+. The third-order valence-corrected chi connectivity index (χ3v) is 8.12. The topological polar surface area (TPSA) is 98.3 Å². The molecule has 0 unspecified atom stereocenters. The number of hydrogen-bond donors (Lipinski definition) is 3. The van der Waals surface area contributed by atoms with Gasteiger partial charge in [0.05, 0.1) is 12.8 Å². The highest BCUT2D eigenvalue weighted by molar-refractivity contribution is 5.97. The van der Waals surface area contributed by atoms with Gasteiger partial charge in [-0.05, 0) is 51.1 Å². The lowest BCUT2D eigenvalue weighted by Crippen LogP contribution is -2.48. The first-order valence-corrected chi connectivity index (χ1v) is 13.6. The van der Waals surface area contributed by atoms with Crippen LogP contribution in [0.15, 0.2) is 34.7 Å². The van der Waals surface area contributed by atoms with Crippen molar-refractivity contribution in [1.29, 1.82) is 0 Å². The molecule has 2 fully saturated rings. The van der Waals surface area contributed by atoms with Gasteiger partial charge in [0.1, 0.15) is 31.1 Å². The van der Waals surface area contributed by atoms with E-state index in [1.165, 1.54) is 12.8 Å². The normalized spacial score (nSPS) is 21.1. The molecule has 1 aliphatic carbocycles. The molecule has 37 heavy (non-hydrogen) atoms. The number of carbonyl (C=O) groups is 2. The molecule has 1 spiro atoms. The van der Waals surface area contributed by atoms with Crippen LogP contribution in [0.3, 0.4) is 0 Å². The predicted molar refractivity (Wildman–Crippen MR) is 143 cm³/mol. The summed E-state index contributed by atoms with van der Waals surface area (Å²) < 4.78 is 6.38. The number of benzene rings is 1. The van der Waals surface area contributed by atoms with Gasteiger partial charge in [-0.3, -0.25) is 14.9 Å². The molecule has 3 aliphatic heterocycles. The fraction of sp³-hybridized carbons (Fsp3) is 0.593. The van der Waals surface area contributed by atoms with Crippen molar-refractivity contribution in [3.8, 4) is 5.75 Å². The Balaban J connectivity index is 1.41. The molecule has 4 aliphatic rings. The number of guanidine groups is 1. The number of nitrogens with zero attached hydrogens (tertiary/aromatic N) is 4. The van der Waals surface area contributed by atoms with E-state index < -0.39 is 0 Å². The summed E-state index contributed by atoms with van der Waals surface area (Å²) in [5, 5.41) is 9.61. The highest BCUT2D eigenvalue weighted by atomic mass is 16.5. The van der Waals surface area contributed by atoms with E-state index in [0.29, 0.717) is 41.3 Å². The maximum absolute atomic E-state index is 12.8. The number of ether oxygens (including phenoxy) is 1. The van der Waals surface area contributed by atoms with Crippen LogP contribution in [0.2, 0.25) is 0 Å². The number of carbonyl (C=O) groups excluding carboxylic acids is 2. The molecule has 0 atom stereocenters. The second-order valence-corrected chi connectivity index (χ2v) is 10.5. The largest absolute Gasteiger partial charge is 0.495 e. The average molecular weight is 511 g/mol. The summed E-state index contributed by atoms with van der Waals surface area (Å²) in [5.74, 6) is 2.48. The van der Waals surface area contributed by atoms with Crippen molar-refractivity contribution in [2.24, 2.45) is 4.99 Å². The predicted octanol–water partition coefficient (Wildman–Crippen LogP) is 1.92. The number of quaternary nitrogens is 1. The molecule has 2 amide bonds. The summed E-state index contributed by atoms with van der Waals surface area (Å²) in [6.45, 7) is 4.89. The first-order chi connectivity index (χ1) is 18.0. The standard InChI is InChI=1S/C27H39N7O3/c1-28-12-6-13-29-26(36)19-9-10-21(23(17-19)37-3)30-27-31-25-22(18-34(27)15-16-34)32(2)24(35)11-14-33(25)20-7-4-5-8-20/h9-10,17,20,28H,4-8,11-16,18H2,1-3H3,(H-,29,30,31,36)/p+1. The van der Waals surface area contributed by atoms with E-state index in [1.54, 1.807) is 13.2 Å². The maximum Gasteiger partial charge on any atom is 0.309 e. The Kier molecular flexibility index (Phi) is 7.39. The van der Waals surface area contributed by atoms with Crippen LogP contribution >= 0.6 is 0 Å². The zero-order valence-electron chi connectivity index (χ0n) is 22.3. The van der Waals surface area contributed by atoms with Gasteiger partial charge < -0.3 is 25.2 Å². The minimum atomic E-state index is -0.112. The van der Waals surface area contributed by atoms with Crippen molar-refractivity contribution >= 4 is 23.5 Å². The van der Waals surface area contributed by atoms with Crippen molar-refractivity contribution in [3.05, 3.63) is 35.3 Å². The number of rotatable bonds is 8. The molecule has 10 heteroatoms. The summed E-state index contributed by atoms with van der Waals surface area (Å²) in [6.07, 6.45) is 6.16. The van der Waals surface area contributed by atoms with E-state index in [-0.39, 0.29) is 11.8 Å². The van der Waals surface area contributed by atoms with Gasteiger partial charge in [0.2, 0.25) is 5.91 Å². The Morgan fingerprint density at radius 3 is 2.70 bits per heavy atom. The van der Waals surface area contributed by atoms with E-state index in [9.17, 15) is 9.59 Å². The lowest BCUT2D eigenvalue weighted by molar-refractivity contribution is -0.696. The van der Waals surface area contributed by atoms with Crippen molar-refractivity contribution in [2.75, 3.05) is 65.8 Å². The van der Waals surface area contributed by atoms with Crippen LogP contribution in [-0.2, 0) is 4.79 Å². The summed E-state index contributed by atoms with van der Waals surface area (Å²) in [5.41, 5.74) is 2.39. The maximum atomic E-state index is 12.8. The summed E-state index contributed by atoms with van der Waals surface area (Å²) in [4.78, 5) is 34.9. The Morgan fingerprint density at radius 1 is 1.22 bits per heavy atom. The molecule has 1 saturated carbocycles. The lowest BCUT2D eigenvalue weighted by atomic mass is 10.1. The molecule has 1 aromatic carbocycles. The van der Waals surface area contributed by atoms with Crippen LogP contribution in [0.1, 0.15) is 48.9 Å². The van der Waals surface area contributed by atoms with Gasteiger partial charge in [0, 0.05) is 38.2 Å². The van der Waals surface area contributed by atoms with Crippen LogP contribution in [0.4, 0.5) is 5.69 Å². The van der Waals surface area contributed by atoms with Crippen molar-refractivity contribution in [1.82, 2.24) is 20.4 Å². The van der Waals surface area contributed by atoms with Gasteiger partial charge in [-0.15, -0.1) is 0 Å². The van der Waals surface area contributed by atoms with E-state index in [4.69, 9.17) is 9.73 Å². The molecule has 0 aromatic heterocycles. The lowest BCUT2D eigenvalue weighted by Gasteiger charge is -2.35. The summed E-state index contributed by atoms with van der Waals surface area (Å²) in [7, 11) is 5.42. The molecule has 0 radical (unpaired) electrons. The van der Waals surface area contributed by atoms with Crippen molar-refractivity contribution in [3.63, 3.8) is 0 Å². The molecule has 1 saturated heterocycles. The second-order valence-electron chi connectivity index (χ2n) is 10.5. The summed E-state index contributed by atoms with van der Waals surface area (Å²) in [6, 6.07) is 5.93. The van der Waals surface area contributed by atoms with Gasteiger partial charge in [-0.2, -0.15) is 4.99 Å². The van der Waals surface area contributed by atoms with Gasteiger partial charge in [-0.25, -0.2) is 4.48 Å². The summed E-state index contributed by atoms with van der Waals surface area (Å²) >= 11 is 0. The van der Waals surface area contributed by atoms with Crippen LogP contribution in [0.25, 0.3) is 0 Å². The Morgan fingerprint density at radius 2 is 2.00 bits per heavy atom. The van der Waals surface area contributed by atoms with Gasteiger partial charge in [0.25, 0.3) is 5.91 Å². The molecule has 3 heterocycles. The van der Waals surface area contributed by atoms with Gasteiger partial charge >= 0.3 is 5.96 Å². The zero-order valence-corrected chi connectivity index (χ0v) is 22.3. The van der Waals surface area contributed by atoms with E-state index >= 15 is 0 Å². The molecule has 5 rings (SSSR count). The van der Waals surface area contributed by atoms with Crippen LogP contribution in [0.5, 0.6) is 5.75 Å². The molecule has 10 nitrogen and oxygen atoms in total. The SMILES string of the molecule is CNCCCNC(=O)c1ccc(NC2=NC3=C(C[N+]24CC4)N(C)C(=O)CCN3C2CCCC2)c(OC)c1. The van der Waals surface area contributed by atoms with Crippen molar-refractivity contribution in [2.45, 2.75) is 44.6 Å². The van der Waals surface area contributed by atoms with E-state index in [0.717, 1.165) is 68.6 Å². The smallest absolute Gasteiger partial charge is 0.309 e. The van der Waals surface area contributed by atoms with E-state index in [2.05, 4.69) is 20.9 Å². The number of amides is 2. The van der Waals surface area contributed by atoms with Crippen molar-refractivity contribution < 1.29 is 18.8 Å². The number of anilines is 1. The fourth-order valence-corrected chi connectivity index (χ4v) is 5.66. The van der Waals surface area contributed by atoms with Crippen LogP contribution < -0.4 is 20.7 Å². The first-order valence-electron chi connectivity index (χ1n) is 13.6.